The highest BCUT2D eigenvalue weighted by molar-refractivity contribution is 5.87. The van der Waals surface area contributed by atoms with Crippen molar-refractivity contribution < 1.29 is 9.90 Å². The van der Waals surface area contributed by atoms with E-state index < -0.39 is 5.97 Å². The Bertz CT molecular complexity index is 565. The molecule has 1 aromatic carbocycles. The van der Waals surface area contributed by atoms with Crippen LogP contribution in [0.4, 0.5) is 0 Å². The number of aryl methyl sites for hydroxylation is 1. The average molecular weight is 260 g/mol. The van der Waals surface area contributed by atoms with Gasteiger partial charge in [-0.2, -0.15) is 5.10 Å². The first kappa shape index (κ1) is 13.2. The van der Waals surface area contributed by atoms with Crippen LogP contribution in [0.25, 0.3) is 0 Å². The van der Waals surface area contributed by atoms with Gasteiger partial charge in [-0.05, 0) is 17.7 Å². The quantitative estimate of drug-likeness (QED) is 0.729. The van der Waals surface area contributed by atoms with Crippen LogP contribution >= 0.6 is 0 Å². The van der Waals surface area contributed by atoms with Gasteiger partial charge < -0.3 is 10.4 Å². The summed E-state index contributed by atoms with van der Waals surface area (Å²) in [4.78, 5) is 15.1. The molecule has 0 saturated heterocycles. The van der Waals surface area contributed by atoms with Crippen molar-refractivity contribution in [1.82, 2.24) is 20.5 Å². The molecule has 6 nitrogen and oxygen atoms in total. The number of H-pyrrole nitrogens is 1. The van der Waals surface area contributed by atoms with Gasteiger partial charge in [-0.1, -0.05) is 19.1 Å². The molecule has 0 aliphatic carbocycles. The first-order valence-corrected chi connectivity index (χ1v) is 6.12. The third kappa shape index (κ3) is 3.62. The highest BCUT2D eigenvalue weighted by Gasteiger charge is 2.04. The first-order valence-electron chi connectivity index (χ1n) is 6.12. The van der Waals surface area contributed by atoms with Crippen LogP contribution in [0.1, 0.15) is 34.5 Å². The topological polar surface area (TPSA) is 90.9 Å². The van der Waals surface area contributed by atoms with Crippen LogP contribution in [-0.4, -0.2) is 26.3 Å². The lowest BCUT2D eigenvalue weighted by Crippen LogP contribution is -2.14. The normalized spacial score (nSPS) is 10.6. The number of aromatic carboxylic acids is 1. The first-order chi connectivity index (χ1) is 9.19. The van der Waals surface area contributed by atoms with Crippen LogP contribution in [-0.2, 0) is 19.5 Å². The molecule has 19 heavy (non-hydrogen) atoms. The van der Waals surface area contributed by atoms with Crippen LogP contribution in [0.5, 0.6) is 0 Å². The molecule has 0 aliphatic heterocycles. The number of carboxylic acids is 1. The smallest absolute Gasteiger partial charge is 0.335 e. The van der Waals surface area contributed by atoms with Crippen molar-refractivity contribution in [1.29, 1.82) is 0 Å². The molecule has 0 atom stereocenters. The largest absolute Gasteiger partial charge is 0.478 e. The molecule has 1 aromatic heterocycles. The van der Waals surface area contributed by atoms with E-state index in [1.165, 1.54) is 0 Å². The molecule has 3 N–H and O–H groups in total. The molecule has 2 rings (SSSR count). The minimum absolute atomic E-state index is 0.298. The molecule has 0 fully saturated rings. The number of nitrogens with one attached hydrogen (secondary N) is 2. The van der Waals surface area contributed by atoms with Gasteiger partial charge in [0.05, 0.1) is 12.1 Å². The lowest BCUT2D eigenvalue weighted by Gasteiger charge is -2.03. The minimum Gasteiger partial charge on any atom is -0.478 e. The molecule has 0 unspecified atom stereocenters. The Morgan fingerprint density at radius 2 is 2.26 bits per heavy atom. The van der Waals surface area contributed by atoms with Gasteiger partial charge in [-0.3, -0.25) is 5.10 Å². The second-order valence-corrected chi connectivity index (χ2v) is 4.16. The summed E-state index contributed by atoms with van der Waals surface area (Å²) in [5, 5.41) is 19.0. The Kier molecular flexibility index (Phi) is 4.25. The molecule has 100 valence electrons. The molecule has 0 spiro atoms. The summed E-state index contributed by atoms with van der Waals surface area (Å²) in [5.74, 6) is 0.667. The van der Waals surface area contributed by atoms with Crippen molar-refractivity contribution >= 4 is 5.97 Å². The van der Waals surface area contributed by atoms with E-state index in [0.717, 1.165) is 23.6 Å². The highest BCUT2D eigenvalue weighted by Crippen LogP contribution is 2.05. The van der Waals surface area contributed by atoms with Gasteiger partial charge in [0.1, 0.15) is 11.6 Å². The summed E-state index contributed by atoms with van der Waals surface area (Å²) >= 11 is 0. The van der Waals surface area contributed by atoms with E-state index >= 15 is 0 Å². The highest BCUT2D eigenvalue weighted by atomic mass is 16.4. The van der Waals surface area contributed by atoms with E-state index in [2.05, 4.69) is 20.5 Å². The Morgan fingerprint density at radius 3 is 2.95 bits per heavy atom. The standard InChI is InChI=1S/C13H16N4O2/c1-2-11-15-12(17-16-11)8-14-7-9-4-3-5-10(6-9)13(18)19/h3-6,14H,2,7-8H2,1H3,(H,18,19)(H,15,16,17). The third-order valence-corrected chi connectivity index (χ3v) is 2.69. The van der Waals surface area contributed by atoms with Crippen LogP contribution in [0.15, 0.2) is 24.3 Å². The van der Waals surface area contributed by atoms with Gasteiger partial charge in [-0.15, -0.1) is 0 Å². The van der Waals surface area contributed by atoms with Crippen molar-refractivity contribution in [2.45, 2.75) is 26.4 Å². The summed E-state index contributed by atoms with van der Waals surface area (Å²) in [6.45, 7) is 3.16. The van der Waals surface area contributed by atoms with Crippen LogP contribution in [0.3, 0.4) is 0 Å². The molecule has 0 amide bonds. The second kappa shape index (κ2) is 6.10. The van der Waals surface area contributed by atoms with Crippen LogP contribution < -0.4 is 5.32 Å². The molecule has 2 aromatic rings. The fourth-order valence-electron chi connectivity index (χ4n) is 1.71. The van der Waals surface area contributed by atoms with Gasteiger partial charge in [0.15, 0.2) is 0 Å². The van der Waals surface area contributed by atoms with Crippen molar-refractivity contribution in [3.8, 4) is 0 Å². The van der Waals surface area contributed by atoms with Crippen molar-refractivity contribution in [3.63, 3.8) is 0 Å². The number of carbonyl (C=O) groups is 1. The van der Waals surface area contributed by atoms with E-state index in [9.17, 15) is 4.79 Å². The second-order valence-electron chi connectivity index (χ2n) is 4.16. The molecule has 6 heteroatoms. The Labute approximate surface area is 110 Å². The number of aromatic amines is 1. The van der Waals surface area contributed by atoms with E-state index in [4.69, 9.17) is 5.11 Å². The number of benzene rings is 1. The van der Waals surface area contributed by atoms with E-state index in [1.807, 2.05) is 13.0 Å². The van der Waals surface area contributed by atoms with Crippen molar-refractivity contribution in [2.75, 3.05) is 0 Å². The maximum absolute atomic E-state index is 10.8. The number of hydrogen-bond acceptors (Lipinski definition) is 4. The molecular formula is C13H16N4O2. The zero-order valence-corrected chi connectivity index (χ0v) is 10.7. The fourth-order valence-corrected chi connectivity index (χ4v) is 1.71. The van der Waals surface area contributed by atoms with Gasteiger partial charge in [-0.25, -0.2) is 9.78 Å². The summed E-state index contributed by atoms with van der Waals surface area (Å²) < 4.78 is 0. The van der Waals surface area contributed by atoms with E-state index in [1.54, 1.807) is 18.2 Å². The molecule has 0 radical (unpaired) electrons. The number of carboxylic acid groups (broad SMARTS) is 1. The number of nitrogens with zero attached hydrogens (tertiary/aromatic N) is 2. The number of hydrogen-bond donors (Lipinski definition) is 3. The SMILES string of the molecule is CCc1n[nH]c(CNCc2cccc(C(=O)O)c2)n1. The number of rotatable bonds is 6. The Hall–Kier alpha value is -2.21. The molecule has 0 aliphatic rings. The van der Waals surface area contributed by atoms with E-state index in [-0.39, 0.29) is 0 Å². The lowest BCUT2D eigenvalue weighted by molar-refractivity contribution is 0.0696. The molecule has 0 saturated carbocycles. The summed E-state index contributed by atoms with van der Waals surface area (Å²) in [7, 11) is 0. The predicted octanol–water partition coefficient (Wildman–Crippen LogP) is 1.36. The monoisotopic (exact) mass is 260 g/mol. The maximum Gasteiger partial charge on any atom is 0.335 e. The number of aromatic nitrogens is 3. The summed E-state index contributed by atoms with van der Waals surface area (Å²) in [6, 6.07) is 6.87. The van der Waals surface area contributed by atoms with E-state index in [0.29, 0.717) is 18.7 Å². The Balaban J connectivity index is 1.88. The molecule has 0 bridgehead atoms. The third-order valence-electron chi connectivity index (χ3n) is 2.69. The minimum atomic E-state index is -0.912. The zero-order valence-electron chi connectivity index (χ0n) is 10.7. The van der Waals surface area contributed by atoms with Crippen LogP contribution in [0, 0.1) is 0 Å². The predicted molar refractivity (Wildman–Crippen MR) is 69.7 cm³/mol. The van der Waals surface area contributed by atoms with Gasteiger partial charge in [0, 0.05) is 13.0 Å². The molecule has 1 heterocycles. The van der Waals surface area contributed by atoms with Crippen molar-refractivity contribution in [2.24, 2.45) is 0 Å². The Morgan fingerprint density at radius 1 is 1.42 bits per heavy atom. The molecular weight excluding hydrogens is 244 g/mol. The fraction of sp³-hybridized carbons (Fsp3) is 0.308. The summed E-state index contributed by atoms with van der Waals surface area (Å²) in [6.07, 6.45) is 0.803. The summed E-state index contributed by atoms with van der Waals surface area (Å²) in [5.41, 5.74) is 1.22. The van der Waals surface area contributed by atoms with Crippen LogP contribution in [0.2, 0.25) is 0 Å². The average Bonchev–Trinajstić information content (AvgIpc) is 2.87. The lowest BCUT2D eigenvalue weighted by atomic mass is 10.1. The maximum atomic E-state index is 10.8. The van der Waals surface area contributed by atoms with Gasteiger partial charge in [0.2, 0.25) is 0 Å². The van der Waals surface area contributed by atoms with Crippen molar-refractivity contribution in [3.05, 3.63) is 47.0 Å². The zero-order chi connectivity index (χ0) is 13.7. The van der Waals surface area contributed by atoms with Gasteiger partial charge in [0.25, 0.3) is 0 Å². The van der Waals surface area contributed by atoms with Gasteiger partial charge >= 0.3 is 5.97 Å².